The molecule has 4 atom stereocenters. The second kappa shape index (κ2) is 11.7. The normalized spacial score (nSPS) is 24.1. The van der Waals surface area contributed by atoms with Gasteiger partial charge in [-0.05, 0) is 89.9 Å². The quantitative estimate of drug-likeness (QED) is 0.510. The molecule has 9 heteroatoms. The molecule has 2 heterocycles. The molecule has 1 N–H and O–H groups in total. The van der Waals surface area contributed by atoms with E-state index in [1.54, 1.807) is 36.1 Å². The van der Waals surface area contributed by atoms with Gasteiger partial charge in [0.25, 0.3) is 5.91 Å². The van der Waals surface area contributed by atoms with Crippen molar-refractivity contribution in [2.24, 2.45) is 5.92 Å². The van der Waals surface area contributed by atoms with Gasteiger partial charge in [-0.1, -0.05) is 11.6 Å². The SMILES string of the molecule is CCOC(=O)C1CC(N(C)C(C)C)CCC1N1CC[C@H](NC(=O)c2ccc(-c3ccc(Cl)cc3)o2)C1=O. The predicted octanol–water partition coefficient (Wildman–Crippen LogP) is 4.37. The smallest absolute Gasteiger partial charge is 0.311 e. The number of amides is 2. The third kappa shape index (κ3) is 6.02. The average Bonchev–Trinajstić information content (AvgIpc) is 3.51. The number of benzene rings is 1. The monoisotopic (exact) mass is 529 g/mol. The number of rotatable bonds is 8. The van der Waals surface area contributed by atoms with Crippen molar-refractivity contribution in [3.8, 4) is 11.3 Å². The molecule has 2 amide bonds. The summed E-state index contributed by atoms with van der Waals surface area (Å²) >= 11 is 5.95. The van der Waals surface area contributed by atoms with E-state index in [9.17, 15) is 14.4 Å². The van der Waals surface area contributed by atoms with Gasteiger partial charge in [-0.25, -0.2) is 0 Å². The second-order valence-electron chi connectivity index (χ2n) is 10.2. The Balaban J connectivity index is 1.42. The summed E-state index contributed by atoms with van der Waals surface area (Å²) in [5, 5.41) is 3.44. The fraction of sp³-hybridized carbons (Fsp3) is 0.536. The van der Waals surface area contributed by atoms with Crippen molar-refractivity contribution in [2.45, 2.75) is 70.6 Å². The molecule has 8 nitrogen and oxygen atoms in total. The molecule has 2 aliphatic rings. The molecule has 1 saturated heterocycles. The first-order valence-electron chi connectivity index (χ1n) is 13.0. The van der Waals surface area contributed by atoms with E-state index >= 15 is 0 Å². The van der Waals surface area contributed by atoms with Crippen LogP contribution in [0.2, 0.25) is 5.02 Å². The van der Waals surface area contributed by atoms with Crippen molar-refractivity contribution >= 4 is 29.4 Å². The molecule has 3 unspecified atom stereocenters. The minimum absolute atomic E-state index is 0.137. The number of hydrogen-bond acceptors (Lipinski definition) is 6. The zero-order valence-electron chi connectivity index (χ0n) is 21.9. The number of hydrogen-bond donors (Lipinski definition) is 1. The van der Waals surface area contributed by atoms with E-state index in [2.05, 4.69) is 31.1 Å². The standard InChI is InChI=1S/C28H36ClN3O5/c1-5-36-28(35)21-16-20(31(4)17(2)3)10-11-23(21)32-15-14-22(27(32)34)30-26(33)25-13-12-24(37-25)18-6-8-19(29)9-7-18/h6-9,12-13,17,20-23H,5,10-11,14-16H2,1-4H3,(H,30,33)/t20?,21?,22-,23?/m0/s1. The summed E-state index contributed by atoms with van der Waals surface area (Å²) in [5.41, 5.74) is 0.801. The van der Waals surface area contributed by atoms with Crippen LogP contribution in [0.15, 0.2) is 40.8 Å². The maximum Gasteiger partial charge on any atom is 0.311 e. The summed E-state index contributed by atoms with van der Waals surface area (Å²) in [6, 6.07) is 10.2. The van der Waals surface area contributed by atoms with Crippen LogP contribution in [0.5, 0.6) is 0 Å². The summed E-state index contributed by atoms with van der Waals surface area (Å²) in [7, 11) is 2.08. The molecule has 1 aromatic carbocycles. The van der Waals surface area contributed by atoms with Crippen LogP contribution in [0, 0.1) is 5.92 Å². The topological polar surface area (TPSA) is 92.1 Å². The fourth-order valence-corrected chi connectivity index (χ4v) is 5.55. The lowest BCUT2D eigenvalue weighted by Gasteiger charge is -2.43. The van der Waals surface area contributed by atoms with Gasteiger partial charge in [-0.3, -0.25) is 14.4 Å². The minimum Gasteiger partial charge on any atom is -0.466 e. The van der Waals surface area contributed by atoms with E-state index in [0.717, 1.165) is 18.4 Å². The molecule has 1 aromatic heterocycles. The van der Waals surface area contributed by atoms with Crippen molar-refractivity contribution < 1.29 is 23.5 Å². The van der Waals surface area contributed by atoms with E-state index in [1.165, 1.54) is 0 Å². The Morgan fingerprint density at radius 2 is 1.89 bits per heavy atom. The number of halogens is 1. The van der Waals surface area contributed by atoms with Gasteiger partial charge in [-0.2, -0.15) is 0 Å². The van der Waals surface area contributed by atoms with Gasteiger partial charge in [-0.15, -0.1) is 0 Å². The van der Waals surface area contributed by atoms with Gasteiger partial charge < -0.3 is 24.3 Å². The van der Waals surface area contributed by atoms with Crippen LogP contribution in [-0.2, 0) is 14.3 Å². The molecule has 200 valence electrons. The molecule has 4 rings (SSSR count). The van der Waals surface area contributed by atoms with Crippen LogP contribution in [0.25, 0.3) is 11.3 Å². The summed E-state index contributed by atoms with van der Waals surface area (Å²) in [6.45, 7) is 6.87. The Kier molecular flexibility index (Phi) is 8.60. The van der Waals surface area contributed by atoms with E-state index in [0.29, 0.717) is 42.8 Å². The lowest BCUT2D eigenvalue weighted by atomic mass is 9.80. The first-order valence-corrected chi connectivity index (χ1v) is 13.4. The molecule has 37 heavy (non-hydrogen) atoms. The number of nitrogens with one attached hydrogen (secondary N) is 1. The fourth-order valence-electron chi connectivity index (χ4n) is 5.42. The molecule has 2 aromatic rings. The maximum absolute atomic E-state index is 13.4. The molecule has 0 radical (unpaired) electrons. The third-order valence-corrected chi connectivity index (χ3v) is 7.92. The highest BCUT2D eigenvalue weighted by Crippen LogP contribution is 2.35. The van der Waals surface area contributed by atoms with Gasteiger partial charge in [0.15, 0.2) is 5.76 Å². The Labute approximate surface area is 223 Å². The largest absolute Gasteiger partial charge is 0.466 e. The van der Waals surface area contributed by atoms with Gasteiger partial charge in [0, 0.05) is 35.3 Å². The summed E-state index contributed by atoms with van der Waals surface area (Å²) in [4.78, 5) is 43.3. The molecular formula is C28H36ClN3O5. The number of furan rings is 1. The number of nitrogens with zero attached hydrogens (tertiary/aromatic N) is 2. The van der Waals surface area contributed by atoms with E-state index in [1.807, 2.05) is 12.1 Å². The van der Waals surface area contributed by atoms with Crippen molar-refractivity contribution in [1.29, 1.82) is 0 Å². The van der Waals surface area contributed by atoms with Crippen LogP contribution >= 0.6 is 11.6 Å². The summed E-state index contributed by atoms with van der Waals surface area (Å²) < 4.78 is 11.1. The lowest BCUT2D eigenvalue weighted by Crippen LogP contribution is -2.53. The Morgan fingerprint density at radius 3 is 2.57 bits per heavy atom. The van der Waals surface area contributed by atoms with Crippen LogP contribution in [-0.4, -0.2) is 72.0 Å². The van der Waals surface area contributed by atoms with Crippen LogP contribution < -0.4 is 5.32 Å². The molecule has 0 bridgehead atoms. The predicted molar refractivity (Wildman–Crippen MR) is 141 cm³/mol. The molecule has 1 aliphatic heterocycles. The van der Waals surface area contributed by atoms with Crippen LogP contribution in [0.1, 0.15) is 57.0 Å². The number of esters is 1. The maximum atomic E-state index is 13.4. The Bertz CT molecular complexity index is 1120. The minimum atomic E-state index is -0.657. The lowest BCUT2D eigenvalue weighted by molar-refractivity contribution is -0.154. The highest BCUT2D eigenvalue weighted by molar-refractivity contribution is 6.30. The summed E-state index contributed by atoms with van der Waals surface area (Å²) in [6.07, 6.45) is 2.76. The van der Waals surface area contributed by atoms with Gasteiger partial charge >= 0.3 is 5.97 Å². The number of ether oxygens (including phenoxy) is 1. The Hall–Kier alpha value is -2.84. The van der Waals surface area contributed by atoms with E-state index in [4.69, 9.17) is 20.8 Å². The Morgan fingerprint density at radius 1 is 1.16 bits per heavy atom. The first-order chi connectivity index (χ1) is 17.7. The number of carbonyl (C=O) groups excluding carboxylic acids is 3. The van der Waals surface area contributed by atoms with Gasteiger partial charge in [0.2, 0.25) is 5.91 Å². The number of likely N-dealkylation sites (tertiary alicyclic amines) is 1. The van der Waals surface area contributed by atoms with Crippen molar-refractivity contribution in [2.75, 3.05) is 20.2 Å². The first kappa shape index (κ1) is 27.2. The van der Waals surface area contributed by atoms with Gasteiger partial charge in [0.05, 0.1) is 12.5 Å². The van der Waals surface area contributed by atoms with E-state index < -0.39 is 11.9 Å². The highest BCUT2D eigenvalue weighted by Gasteiger charge is 2.46. The van der Waals surface area contributed by atoms with Crippen LogP contribution in [0.3, 0.4) is 0 Å². The van der Waals surface area contributed by atoms with Crippen molar-refractivity contribution in [3.63, 3.8) is 0 Å². The summed E-state index contributed by atoms with van der Waals surface area (Å²) in [5.74, 6) is -0.554. The second-order valence-corrected chi connectivity index (χ2v) is 10.6. The molecule has 1 aliphatic carbocycles. The van der Waals surface area contributed by atoms with Crippen molar-refractivity contribution in [1.82, 2.24) is 15.1 Å². The van der Waals surface area contributed by atoms with E-state index in [-0.39, 0.29) is 35.6 Å². The van der Waals surface area contributed by atoms with Crippen molar-refractivity contribution in [3.05, 3.63) is 47.2 Å². The molecule has 2 fully saturated rings. The van der Waals surface area contributed by atoms with Gasteiger partial charge in [0.1, 0.15) is 11.8 Å². The third-order valence-electron chi connectivity index (χ3n) is 7.67. The van der Waals surface area contributed by atoms with Crippen LogP contribution in [0.4, 0.5) is 0 Å². The zero-order chi connectivity index (χ0) is 26.7. The highest BCUT2D eigenvalue weighted by atomic mass is 35.5. The molecular weight excluding hydrogens is 494 g/mol. The molecule has 1 saturated carbocycles. The number of carbonyl (C=O) groups is 3. The average molecular weight is 530 g/mol. The molecule has 0 spiro atoms. The zero-order valence-corrected chi connectivity index (χ0v) is 22.7.